The minimum absolute atomic E-state index is 0.300. The Hall–Kier alpha value is -0.107. The van der Waals surface area contributed by atoms with Crippen molar-refractivity contribution in [2.45, 2.75) is 96.8 Å². The summed E-state index contributed by atoms with van der Waals surface area (Å²) in [6.45, 7) is 2.26. The molecule has 0 aliphatic carbocycles. The fourth-order valence-corrected chi connectivity index (χ4v) is 2.35. The SMILES string of the molecule is CCCCCCCCC=CCCCCCCCC(=O)O.[O]=[Zr]. The van der Waals surface area contributed by atoms with Gasteiger partial charge in [-0.05, 0) is 32.1 Å². The van der Waals surface area contributed by atoms with E-state index in [1.165, 1.54) is 70.6 Å². The molecular weight excluding hydrogens is 355 g/mol. The number of carboxylic acid groups (broad SMARTS) is 1. The molecule has 0 unspecified atom stereocenters. The van der Waals surface area contributed by atoms with Crippen LogP contribution in [-0.4, -0.2) is 11.1 Å². The monoisotopic (exact) mass is 388 g/mol. The number of allylic oxidation sites excluding steroid dienone is 2. The molecule has 0 saturated heterocycles. The van der Waals surface area contributed by atoms with Crippen molar-refractivity contribution in [1.29, 1.82) is 0 Å². The van der Waals surface area contributed by atoms with E-state index < -0.39 is 5.97 Å². The molecular formula is C18H34O3Zr. The van der Waals surface area contributed by atoms with E-state index in [1.807, 2.05) is 0 Å². The van der Waals surface area contributed by atoms with E-state index in [0.717, 1.165) is 12.8 Å². The van der Waals surface area contributed by atoms with Crippen molar-refractivity contribution in [1.82, 2.24) is 0 Å². The van der Waals surface area contributed by atoms with Crippen molar-refractivity contribution in [2.24, 2.45) is 0 Å². The fourth-order valence-electron chi connectivity index (χ4n) is 2.35. The average molecular weight is 390 g/mol. The van der Waals surface area contributed by atoms with Crippen LogP contribution in [0.15, 0.2) is 12.2 Å². The number of hydrogen-bond donors (Lipinski definition) is 1. The fraction of sp³-hybridized carbons (Fsp3) is 0.833. The van der Waals surface area contributed by atoms with Crippen LogP contribution in [0.1, 0.15) is 96.8 Å². The van der Waals surface area contributed by atoms with E-state index in [4.69, 9.17) is 7.92 Å². The Balaban J connectivity index is 0. The molecule has 0 rings (SSSR count). The van der Waals surface area contributed by atoms with Crippen LogP contribution < -0.4 is 0 Å². The van der Waals surface area contributed by atoms with Crippen LogP contribution in [0.4, 0.5) is 0 Å². The molecule has 0 amide bonds. The second-order valence-corrected chi connectivity index (χ2v) is 5.73. The molecule has 0 heterocycles. The molecule has 0 radical (unpaired) electrons. The molecule has 0 aromatic heterocycles. The summed E-state index contributed by atoms with van der Waals surface area (Å²) < 4.78 is 8.34. The Kier molecular flexibility index (Phi) is 25.4. The van der Waals surface area contributed by atoms with Crippen LogP contribution in [0.25, 0.3) is 0 Å². The number of carbonyl (C=O) groups is 1. The van der Waals surface area contributed by atoms with Gasteiger partial charge in [-0.1, -0.05) is 70.4 Å². The second kappa shape index (κ2) is 23.2. The molecule has 0 aliphatic heterocycles. The van der Waals surface area contributed by atoms with Crippen LogP contribution in [0.5, 0.6) is 0 Å². The summed E-state index contributed by atoms with van der Waals surface area (Å²) in [6.07, 6.45) is 21.2. The van der Waals surface area contributed by atoms with Crippen LogP contribution in [0, 0.1) is 0 Å². The summed E-state index contributed by atoms with van der Waals surface area (Å²) in [7, 11) is 0. The molecule has 1 N–H and O–H groups in total. The number of carboxylic acids is 1. The van der Waals surface area contributed by atoms with Gasteiger partial charge in [-0.3, -0.25) is 4.79 Å². The summed E-state index contributed by atoms with van der Waals surface area (Å²) in [5, 5.41) is 8.51. The van der Waals surface area contributed by atoms with Gasteiger partial charge in [0, 0.05) is 6.42 Å². The Morgan fingerprint density at radius 3 is 1.64 bits per heavy atom. The normalized spacial score (nSPS) is 10.4. The Labute approximate surface area is 152 Å². The third kappa shape index (κ3) is 24.9. The van der Waals surface area contributed by atoms with Gasteiger partial charge in [-0.25, -0.2) is 0 Å². The molecule has 0 fully saturated rings. The van der Waals surface area contributed by atoms with Crippen molar-refractivity contribution < 1.29 is 37.4 Å². The van der Waals surface area contributed by atoms with Gasteiger partial charge in [0.25, 0.3) is 0 Å². The molecule has 0 aromatic carbocycles. The summed E-state index contributed by atoms with van der Waals surface area (Å²) >= 11 is 0.300. The molecule has 22 heavy (non-hydrogen) atoms. The third-order valence-electron chi connectivity index (χ3n) is 3.65. The molecule has 0 bridgehead atoms. The van der Waals surface area contributed by atoms with Crippen molar-refractivity contribution in [3.05, 3.63) is 12.2 Å². The Bertz CT molecular complexity index is 255. The first-order chi connectivity index (χ1) is 10.8. The van der Waals surface area contributed by atoms with Gasteiger partial charge in [-0.2, -0.15) is 0 Å². The first-order valence-electron chi connectivity index (χ1n) is 8.84. The van der Waals surface area contributed by atoms with E-state index in [-0.39, 0.29) is 0 Å². The molecule has 0 aromatic rings. The average Bonchev–Trinajstić information content (AvgIpc) is 2.53. The van der Waals surface area contributed by atoms with Gasteiger partial charge < -0.3 is 5.11 Å². The van der Waals surface area contributed by atoms with Gasteiger partial charge in [-0.15, -0.1) is 0 Å². The molecule has 3 nitrogen and oxygen atoms in total. The van der Waals surface area contributed by atoms with E-state index in [2.05, 4.69) is 19.1 Å². The number of hydrogen-bond acceptors (Lipinski definition) is 2. The van der Waals surface area contributed by atoms with Gasteiger partial charge in [0.1, 0.15) is 0 Å². The number of rotatable bonds is 15. The molecule has 0 spiro atoms. The van der Waals surface area contributed by atoms with Crippen LogP contribution in [0.3, 0.4) is 0 Å². The molecule has 4 heteroatoms. The Morgan fingerprint density at radius 2 is 1.18 bits per heavy atom. The zero-order valence-corrected chi connectivity index (χ0v) is 16.8. The predicted molar refractivity (Wildman–Crippen MR) is 87.8 cm³/mol. The van der Waals surface area contributed by atoms with E-state index in [1.54, 1.807) is 0 Å². The van der Waals surface area contributed by atoms with E-state index >= 15 is 0 Å². The molecule has 0 aliphatic rings. The molecule has 0 atom stereocenters. The number of unbranched alkanes of at least 4 members (excludes halogenated alkanes) is 11. The second-order valence-electron chi connectivity index (χ2n) is 5.73. The molecule has 0 saturated carbocycles. The summed E-state index contributed by atoms with van der Waals surface area (Å²) in [6, 6.07) is 0. The quantitative estimate of drug-likeness (QED) is 0.276. The maximum atomic E-state index is 10.3. The third-order valence-corrected chi connectivity index (χ3v) is 3.65. The summed E-state index contributed by atoms with van der Waals surface area (Å²) in [5.74, 6) is -0.664. The van der Waals surface area contributed by atoms with Gasteiger partial charge in [0.05, 0.1) is 0 Å². The van der Waals surface area contributed by atoms with Gasteiger partial charge in [0.15, 0.2) is 0 Å². The van der Waals surface area contributed by atoms with E-state index in [9.17, 15) is 4.79 Å². The van der Waals surface area contributed by atoms with Crippen molar-refractivity contribution in [2.75, 3.05) is 0 Å². The topological polar surface area (TPSA) is 54.4 Å². The zero-order chi connectivity index (χ0) is 16.9. The van der Waals surface area contributed by atoms with Crippen molar-refractivity contribution in [3.8, 4) is 0 Å². The first kappa shape index (κ1) is 24.1. The van der Waals surface area contributed by atoms with Crippen molar-refractivity contribution in [3.63, 3.8) is 0 Å². The summed E-state index contributed by atoms with van der Waals surface area (Å²) in [5.41, 5.74) is 0. The predicted octanol–water partition coefficient (Wildman–Crippen LogP) is 5.99. The summed E-state index contributed by atoms with van der Waals surface area (Å²) in [4.78, 5) is 10.3. The minimum atomic E-state index is -0.664. The standard InChI is InChI=1S/C18H34O2.O.Zr/c1-2-3-4-5-6-7-8-9-10-11-12-13-14-15-16-17-18(19)20;;/h9-10H,2-8,11-17H2,1H3,(H,19,20);;. The Morgan fingerprint density at radius 1 is 0.773 bits per heavy atom. The van der Waals surface area contributed by atoms with Crippen molar-refractivity contribution >= 4 is 5.97 Å². The maximum absolute atomic E-state index is 10.3. The van der Waals surface area contributed by atoms with Crippen LogP contribution in [-0.2, 0) is 32.3 Å². The van der Waals surface area contributed by atoms with E-state index in [0.29, 0.717) is 31.1 Å². The zero-order valence-electron chi connectivity index (χ0n) is 14.3. The number of aliphatic carboxylic acids is 1. The van der Waals surface area contributed by atoms with Crippen LogP contribution >= 0.6 is 0 Å². The van der Waals surface area contributed by atoms with Gasteiger partial charge >= 0.3 is 33.5 Å². The molecule has 128 valence electrons. The van der Waals surface area contributed by atoms with Gasteiger partial charge in [0.2, 0.25) is 0 Å². The van der Waals surface area contributed by atoms with Crippen LogP contribution in [0.2, 0.25) is 0 Å². The first-order valence-corrected chi connectivity index (χ1v) is 9.85.